The van der Waals surface area contributed by atoms with Gasteiger partial charge in [-0.1, -0.05) is 30.3 Å². The molecule has 0 saturated heterocycles. The molecule has 2 rings (SSSR count). The average Bonchev–Trinajstić information content (AvgIpc) is 2.55. The summed E-state index contributed by atoms with van der Waals surface area (Å²) in [6, 6.07) is 12.7. The predicted octanol–water partition coefficient (Wildman–Crippen LogP) is 1.98. The van der Waals surface area contributed by atoms with Crippen LogP contribution in [0.3, 0.4) is 0 Å². The van der Waals surface area contributed by atoms with Crippen molar-refractivity contribution in [3.63, 3.8) is 0 Å². The first kappa shape index (κ1) is 17.4. The first-order valence-corrected chi connectivity index (χ1v) is 8.50. The minimum atomic E-state index is -3.85. The maximum Gasteiger partial charge on any atom is 0.243 e. The number of hydrogen-bond acceptors (Lipinski definition) is 4. The molecule has 2 aromatic carbocycles. The SMILES string of the molecule is COc1ccc(S(=O)(=O)N(CCN)Cc2ccccc2)cc1F. The molecule has 0 aliphatic rings. The normalized spacial score (nSPS) is 11.7. The summed E-state index contributed by atoms with van der Waals surface area (Å²) in [5.74, 6) is -0.724. The Morgan fingerprint density at radius 2 is 1.87 bits per heavy atom. The second-order valence-electron chi connectivity index (χ2n) is 4.91. The van der Waals surface area contributed by atoms with Crippen molar-refractivity contribution in [2.75, 3.05) is 20.2 Å². The number of hydrogen-bond donors (Lipinski definition) is 1. The summed E-state index contributed by atoms with van der Waals surface area (Å²) in [5.41, 5.74) is 6.37. The maximum atomic E-state index is 13.8. The van der Waals surface area contributed by atoms with Crippen LogP contribution in [0.2, 0.25) is 0 Å². The zero-order valence-electron chi connectivity index (χ0n) is 12.8. The minimum Gasteiger partial charge on any atom is -0.494 e. The molecule has 0 amide bonds. The van der Waals surface area contributed by atoms with E-state index in [0.29, 0.717) is 0 Å². The lowest BCUT2D eigenvalue weighted by Crippen LogP contribution is -2.35. The number of nitrogens with zero attached hydrogens (tertiary/aromatic N) is 1. The smallest absolute Gasteiger partial charge is 0.243 e. The Bertz CT molecular complexity index is 751. The van der Waals surface area contributed by atoms with Crippen LogP contribution in [0.4, 0.5) is 4.39 Å². The van der Waals surface area contributed by atoms with E-state index < -0.39 is 15.8 Å². The van der Waals surface area contributed by atoms with Crippen molar-refractivity contribution in [1.82, 2.24) is 4.31 Å². The van der Waals surface area contributed by atoms with Gasteiger partial charge in [-0.25, -0.2) is 12.8 Å². The Labute approximate surface area is 135 Å². The van der Waals surface area contributed by atoms with Gasteiger partial charge in [-0.3, -0.25) is 0 Å². The number of nitrogens with two attached hydrogens (primary N) is 1. The summed E-state index contributed by atoms with van der Waals surface area (Å²) in [6.45, 7) is 0.490. The fraction of sp³-hybridized carbons (Fsp3) is 0.250. The van der Waals surface area contributed by atoms with E-state index in [1.807, 2.05) is 30.3 Å². The van der Waals surface area contributed by atoms with Crippen molar-refractivity contribution in [1.29, 1.82) is 0 Å². The summed E-state index contributed by atoms with van der Waals surface area (Å²) in [5, 5.41) is 0. The van der Waals surface area contributed by atoms with E-state index in [-0.39, 0.29) is 30.3 Å². The van der Waals surface area contributed by atoms with Gasteiger partial charge in [0.15, 0.2) is 11.6 Å². The summed E-state index contributed by atoms with van der Waals surface area (Å²) in [7, 11) is -2.53. The van der Waals surface area contributed by atoms with Gasteiger partial charge in [-0.05, 0) is 23.8 Å². The van der Waals surface area contributed by atoms with Gasteiger partial charge in [0, 0.05) is 19.6 Å². The minimum absolute atomic E-state index is 0.00242. The van der Waals surface area contributed by atoms with Gasteiger partial charge < -0.3 is 10.5 Å². The van der Waals surface area contributed by atoms with Crippen LogP contribution in [0.15, 0.2) is 53.4 Å². The fourth-order valence-corrected chi connectivity index (χ4v) is 3.63. The molecule has 23 heavy (non-hydrogen) atoms. The second-order valence-corrected chi connectivity index (χ2v) is 6.85. The topological polar surface area (TPSA) is 72.6 Å². The summed E-state index contributed by atoms with van der Waals surface area (Å²) >= 11 is 0. The van der Waals surface area contributed by atoms with Crippen molar-refractivity contribution >= 4 is 10.0 Å². The summed E-state index contributed by atoms with van der Waals surface area (Å²) < 4.78 is 45.4. The van der Waals surface area contributed by atoms with Gasteiger partial charge in [-0.2, -0.15) is 4.31 Å². The van der Waals surface area contributed by atoms with Gasteiger partial charge in [-0.15, -0.1) is 0 Å². The Kier molecular flexibility index (Phi) is 5.70. The third-order valence-corrected chi connectivity index (χ3v) is 5.18. The quantitative estimate of drug-likeness (QED) is 0.838. The number of halogens is 1. The van der Waals surface area contributed by atoms with Crippen LogP contribution in [0, 0.1) is 5.82 Å². The first-order valence-electron chi connectivity index (χ1n) is 7.06. The maximum absolute atomic E-state index is 13.8. The molecule has 2 aromatic rings. The Morgan fingerprint density at radius 3 is 2.43 bits per heavy atom. The van der Waals surface area contributed by atoms with E-state index in [1.165, 1.54) is 23.5 Å². The van der Waals surface area contributed by atoms with Gasteiger partial charge in [0.1, 0.15) is 0 Å². The van der Waals surface area contributed by atoms with Gasteiger partial charge in [0.2, 0.25) is 10.0 Å². The number of sulfonamides is 1. The van der Waals surface area contributed by atoms with Crippen LogP contribution < -0.4 is 10.5 Å². The molecule has 0 spiro atoms. The highest BCUT2D eigenvalue weighted by Crippen LogP contribution is 2.24. The molecular weight excluding hydrogens is 319 g/mol. The van der Waals surface area contributed by atoms with Crippen molar-refractivity contribution in [3.05, 3.63) is 59.9 Å². The lowest BCUT2D eigenvalue weighted by molar-refractivity contribution is 0.384. The molecule has 7 heteroatoms. The molecule has 0 saturated carbocycles. The third-order valence-electron chi connectivity index (χ3n) is 3.34. The number of rotatable bonds is 7. The molecule has 0 heterocycles. The van der Waals surface area contributed by atoms with Gasteiger partial charge in [0.25, 0.3) is 0 Å². The van der Waals surface area contributed by atoms with Crippen molar-refractivity contribution in [3.8, 4) is 5.75 Å². The molecule has 2 N–H and O–H groups in total. The highest BCUT2D eigenvalue weighted by atomic mass is 32.2. The molecule has 0 aromatic heterocycles. The van der Waals surface area contributed by atoms with E-state index in [9.17, 15) is 12.8 Å². The average molecular weight is 338 g/mol. The van der Waals surface area contributed by atoms with Crippen LogP contribution in [-0.4, -0.2) is 32.9 Å². The number of methoxy groups -OCH3 is 1. The van der Waals surface area contributed by atoms with E-state index in [1.54, 1.807) is 0 Å². The lowest BCUT2D eigenvalue weighted by atomic mass is 10.2. The van der Waals surface area contributed by atoms with Crippen molar-refractivity contribution in [2.45, 2.75) is 11.4 Å². The van der Waals surface area contributed by atoms with Crippen molar-refractivity contribution < 1.29 is 17.5 Å². The van der Waals surface area contributed by atoms with Gasteiger partial charge >= 0.3 is 0 Å². The van der Waals surface area contributed by atoms with E-state index >= 15 is 0 Å². The molecule has 124 valence electrons. The predicted molar refractivity (Wildman–Crippen MR) is 86.0 cm³/mol. The standard InChI is InChI=1S/C16H19FN2O3S/c1-22-16-8-7-14(11-15(16)17)23(20,21)19(10-9-18)12-13-5-3-2-4-6-13/h2-8,11H,9-10,12,18H2,1H3. The Hall–Kier alpha value is -1.96. The molecular formula is C16H19FN2O3S. The van der Waals surface area contributed by atoms with E-state index in [2.05, 4.69) is 0 Å². The highest BCUT2D eigenvalue weighted by Gasteiger charge is 2.25. The molecule has 0 atom stereocenters. The summed E-state index contributed by atoms with van der Waals surface area (Å²) in [6.07, 6.45) is 0. The molecule has 0 aliphatic carbocycles. The van der Waals surface area contributed by atoms with Crippen LogP contribution in [0.5, 0.6) is 5.75 Å². The molecule has 0 aliphatic heterocycles. The zero-order valence-corrected chi connectivity index (χ0v) is 13.6. The number of ether oxygens (including phenoxy) is 1. The van der Waals surface area contributed by atoms with Crippen LogP contribution in [-0.2, 0) is 16.6 Å². The Morgan fingerprint density at radius 1 is 1.17 bits per heavy atom. The lowest BCUT2D eigenvalue weighted by Gasteiger charge is -2.22. The molecule has 0 unspecified atom stereocenters. The van der Waals surface area contributed by atoms with E-state index in [4.69, 9.17) is 10.5 Å². The molecule has 0 fully saturated rings. The number of benzene rings is 2. The monoisotopic (exact) mass is 338 g/mol. The zero-order chi connectivity index (χ0) is 16.9. The Balaban J connectivity index is 2.34. The third kappa shape index (κ3) is 4.07. The largest absolute Gasteiger partial charge is 0.494 e. The second kappa shape index (κ2) is 7.54. The molecule has 0 radical (unpaired) electrons. The van der Waals surface area contributed by atoms with Crippen LogP contribution >= 0.6 is 0 Å². The fourth-order valence-electron chi connectivity index (χ4n) is 2.17. The summed E-state index contributed by atoms with van der Waals surface area (Å²) in [4.78, 5) is -0.125. The molecule has 5 nitrogen and oxygen atoms in total. The van der Waals surface area contributed by atoms with Crippen LogP contribution in [0.25, 0.3) is 0 Å². The van der Waals surface area contributed by atoms with Crippen LogP contribution in [0.1, 0.15) is 5.56 Å². The highest BCUT2D eigenvalue weighted by molar-refractivity contribution is 7.89. The van der Waals surface area contributed by atoms with Gasteiger partial charge in [0.05, 0.1) is 12.0 Å². The van der Waals surface area contributed by atoms with Crippen molar-refractivity contribution in [2.24, 2.45) is 5.73 Å². The first-order chi connectivity index (χ1) is 11.0. The molecule has 0 bridgehead atoms. The van der Waals surface area contributed by atoms with E-state index in [0.717, 1.165) is 11.6 Å².